The number of hydrogen-bond donors (Lipinski definition) is 3. The molecule has 6 heteroatoms. The van der Waals surface area contributed by atoms with Crippen molar-refractivity contribution in [2.75, 3.05) is 30.3 Å². The van der Waals surface area contributed by atoms with Crippen LogP contribution in [0.15, 0.2) is 48.5 Å². The van der Waals surface area contributed by atoms with Gasteiger partial charge in [0.15, 0.2) is 0 Å². The third-order valence-corrected chi connectivity index (χ3v) is 4.42. The number of urea groups is 1. The van der Waals surface area contributed by atoms with Crippen molar-refractivity contribution in [3.8, 4) is 0 Å². The summed E-state index contributed by atoms with van der Waals surface area (Å²) in [6.45, 7) is 6.14. The fourth-order valence-electron chi connectivity index (χ4n) is 3.00. The number of nitrogens with zero attached hydrogens (tertiary/aromatic N) is 1. The van der Waals surface area contributed by atoms with Gasteiger partial charge in [0.2, 0.25) is 0 Å². The van der Waals surface area contributed by atoms with Crippen LogP contribution in [0.4, 0.5) is 16.2 Å². The number of carbonyl (C=O) groups is 2. The molecule has 1 saturated heterocycles. The standard InChI is InChI=1S/C20H24N4O2/c1-14-8-9-16(19(25)24-11-10-21-15(2)13-24)12-18(14)23-20(26)22-17-6-4-3-5-7-17/h3-9,12,15,21H,10-11,13H2,1-2H3,(H2,22,23,26). The number of hydrogen-bond acceptors (Lipinski definition) is 3. The van der Waals surface area contributed by atoms with Gasteiger partial charge < -0.3 is 20.9 Å². The lowest BCUT2D eigenvalue weighted by molar-refractivity contribution is 0.0709. The summed E-state index contributed by atoms with van der Waals surface area (Å²) in [6, 6.07) is 14.6. The molecule has 1 heterocycles. The van der Waals surface area contributed by atoms with Crippen LogP contribution in [0.2, 0.25) is 0 Å². The summed E-state index contributed by atoms with van der Waals surface area (Å²) in [7, 11) is 0. The third-order valence-electron chi connectivity index (χ3n) is 4.42. The van der Waals surface area contributed by atoms with Crippen molar-refractivity contribution in [3.63, 3.8) is 0 Å². The quantitative estimate of drug-likeness (QED) is 0.795. The molecule has 1 atom stereocenters. The van der Waals surface area contributed by atoms with Crippen LogP contribution >= 0.6 is 0 Å². The van der Waals surface area contributed by atoms with Gasteiger partial charge >= 0.3 is 6.03 Å². The van der Waals surface area contributed by atoms with Crippen molar-refractivity contribution in [2.24, 2.45) is 0 Å². The Morgan fingerprint density at radius 2 is 1.88 bits per heavy atom. The van der Waals surface area contributed by atoms with E-state index in [1.165, 1.54) is 0 Å². The molecule has 2 aromatic carbocycles. The second kappa shape index (κ2) is 8.01. The Bertz CT molecular complexity index is 792. The van der Waals surface area contributed by atoms with Crippen molar-refractivity contribution in [1.82, 2.24) is 10.2 Å². The van der Waals surface area contributed by atoms with E-state index in [9.17, 15) is 9.59 Å². The van der Waals surface area contributed by atoms with E-state index < -0.39 is 0 Å². The van der Waals surface area contributed by atoms with E-state index >= 15 is 0 Å². The van der Waals surface area contributed by atoms with Gasteiger partial charge in [-0.05, 0) is 43.7 Å². The molecule has 6 nitrogen and oxygen atoms in total. The zero-order valence-electron chi connectivity index (χ0n) is 15.1. The Balaban J connectivity index is 1.71. The normalized spacial score (nSPS) is 16.8. The van der Waals surface area contributed by atoms with E-state index in [2.05, 4.69) is 22.9 Å². The lowest BCUT2D eigenvalue weighted by Gasteiger charge is -2.32. The highest BCUT2D eigenvalue weighted by molar-refractivity contribution is 6.02. The maximum atomic E-state index is 12.8. The fourth-order valence-corrected chi connectivity index (χ4v) is 3.00. The molecule has 0 saturated carbocycles. The predicted octanol–water partition coefficient (Wildman–Crippen LogP) is 3.07. The Kier molecular flexibility index (Phi) is 5.53. The molecule has 3 amide bonds. The first-order chi connectivity index (χ1) is 12.5. The first-order valence-corrected chi connectivity index (χ1v) is 8.79. The van der Waals surface area contributed by atoms with Crippen LogP contribution in [0.5, 0.6) is 0 Å². The van der Waals surface area contributed by atoms with Crippen molar-refractivity contribution in [1.29, 1.82) is 0 Å². The molecule has 1 unspecified atom stereocenters. The minimum atomic E-state index is -0.334. The predicted molar refractivity (Wildman–Crippen MR) is 104 cm³/mol. The van der Waals surface area contributed by atoms with Crippen LogP contribution < -0.4 is 16.0 Å². The number of para-hydroxylation sites is 1. The summed E-state index contributed by atoms with van der Waals surface area (Å²) in [5.41, 5.74) is 2.83. The number of anilines is 2. The van der Waals surface area contributed by atoms with Gasteiger partial charge in [-0.1, -0.05) is 24.3 Å². The molecule has 2 aromatic rings. The van der Waals surface area contributed by atoms with Crippen molar-refractivity contribution in [2.45, 2.75) is 19.9 Å². The molecule has 0 radical (unpaired) electrons. The van der Waals surface area contributed by atoms with Gasteiger partial charge in [0.1, 0.15) is 0 Å². The van der Waals surface area contributed by atoms with Gasteiger partial charge in [-0.15, -0.1) is 0 Å². The Hall–Kier alpha value is -2.86. The molecule has 26 heavy (non-hydrogen) atoms. The Morgan fingerprint density at radius 3 is 2.62 bits per heavy atom. The van der Waals surface area contributed by atoms with Gasteiger partial charge in [-0.2, -0.15) is 0 Å². The number of amides is 3. The van der Waals surface area contributed by atoms with E-state index in [0.29, 0.717) is 30.0 Å². The molecular formula is C20H24N4O2. The topological polar surface area (TPSA) is 73.5 Å². The van der Waals surface area contributed by atoms with Crippen LogP contribution in [0.3, 0.4) is 0 Å². The van der Waals surface area contributed by atoms with Gasteiger partial charge in [0, 0.05) is 42.6 Å². The summed E-state index contributed by atoms with van der Waals surface area (Å²) in [5, 5.41) is 8.94. The zero-order valence-corrected chi connectivity index (χ0v) is 15.1. The lowest BCUT2D eigenvalue weighted by atomic mass is 10.1. The van der Waals surface area contributed by atoms with Crippen LogP contribution in [0, 0.1) is 6.92 Å². The average molecular weight is 352 g/mol. The Labute approximate surface area is 153 Å². The number of carbonyl (C=O) groups excluding carboxylic acids is 2. The van der Waals surface area contributed by atoms with Gasteiger partial charge in [-0.3, -0.25) is 4.79 Å². The number of nitrogens with one attached hydrogen (secondary N) is 3. The molecule has 3 N–H and O–H groups in total. The van der Waals surface area contributed by atoms with E-state index in [4.69, 9.17) is 0 Å². The highest BCUT2D eigenvalue weighted by atomic mass is 16.2. The molecular weight excluding hydrogens is 328 g/mol. The third kappa shape index (κ3) is 4.40. The summed E-state index contributed by atoms with van der Waals surface area (Å²) in [6.07, 6.45) is 0. The molecule has 3 rings (SSSR count). The number of piperazine rings is 1. The first kappa shape index (κ1) is 17.9. The fraction of sp³-hybridized carbons (Fsp3) is 0.300. The minimum Gasteiger partial charge on any atom is -0.336 e. The summed E-state index contributed by atoms with van der Waals surface area (Å²) < 4.78 is 0. The van der Waals surface area contributed by atoms with E-state index in [0.717, 1.165) is 12.1 Å². The summed E-state index contributed by atoms with van der Waals surface area (Å²) in [5.74, 6) is -0.00938. The van der Waals surface area contributed by atoms with Crippen LogP contribution in [0.1, 0.15) is 22.8 Å². The molecule has 1 fully saturated rings. The van der Waals surface area contributed by atoms with Crippen molar-refractivity contribution >= 4 is 23.3 Å². The number of aryl methyl sites for hydroxylation is 1. The smallest absolute Gasteiger partial charge is 0.323 e. The van der Waals surface area contributed by atoms with Crippen LogP contribution in [0.25, 0.3) is 0 Å². The second-order valence-electron chi connectivity index (χ2n) is 6.58. The van der Waals surface area contributed by atoms with E-state index in [1.807, 2.05) is 54.3 Å². The lowest BCUT2D eigenvalue weighted by Crippen LogP contribution is -2.51. The maximum Gasteiger partial charge on any atom is 0.323 e. The SMILES string of the molecule is Cc1ccc(C(=O)N2CCNC(C)C2)cc1NC(=O)Nc1ccccc1. The molecule has 136 valence electrons. The Morgan fingerprint density at radius 1 is 1.12 bits per heavy atom. The monoisotopic (exact) mass is 352 g/mol. The molecule has 1 aliphatic heterocycles. The average Bonchev–Trinajstić information content (AvgIpc) is 2.64. The van der Waals surface area contributed by atoms with Crippen LogP contribution in [-0.2, 0) is 0 Å². The largest absolute Gasteiger partial charge is 0.336 e. The van der Waals surface area contributed by atoms with Crippen LogP contribution in [-0.4, -0.2) is 42.5 Å². The minimum absolute atomic E-state index is 0.00938. The first-order valence-electron chi connectivity index (χ1n) is 8.79. The van der Waals surface area contributed by atoms with E-state index in [-0.39, 0.29) is 18.0 Å². The molecule has 1 aliphatic rings. The zero-order chi connectivity index (χ0) is 18.5. The number of benzene rings is 2. The summed E-state index contributed by atoms with van der Waals surface area (Å²) in [4.78, 5) is 26.8. The molecule has 0 aliphatic carbocycles. The maximum absolute atomic E-state index is 12.8. The van der Waals surface area contributed by atoms with Gasteiger partial charge in [0.05, 0.1) is 0 Å². The van der Waals surface area contributed by atoms with E-state index in [1.54, 1.807) is 6.07 Å². The van der Waals surface area contributed by atoms with Crippen molar-refractivity contribution in [3.05, 3.63) is 59.7 Å². The highest BCUT2D eigenvalue weighted by Crippen LogP contribution is 2.19. The molecule has 0 bridgehead atoms. The van der Waals surface area contributed by atoms with Gasteiger partial charge in [0.25, 0.3) is 5.91 Å². The van der Waals surface area contributed by atoms with Crippen molar-refractivity contribution < 1.29 is 9.59 Å². The second-order valence-corrected chi connectivity index (χ2v) is 6.58. The molecule has 0 spiro atoms. The van der Waals surface area contributed by atoms with Gasteiger partial charge in [-0.25, -0.2) is 4.79 Å². The number of rotatable bonds is 3. The summed E-state index contributed by atoms with van der Waals surface area (Å²) >= 11 is 0. The molecule has 0 aromatic heterocycles. The highest BCUT2D eigenvalue weighted by Gasteiger charge is 2.22.